The van der Waals surface area contributed by atoms with E-state index >= 15 is 0 Å². The van der Waals surface area contributed by atoms with Crippen LogP contribution in [-0.2, 0) is 14.3 Å². The zero-order chi connectivity index (χ0) is 48.1. The van der Waals surface area contributed by atoms with Gasteiger partial charge in [-0.05, 0) is 89.9 Å². The highest BCUT2D eigenvalue weighted by atomic mass is 16.5. The van der Waals surface area contributed by atoms with Gasteiger partial charge in [0.2, 0.25) is 5.91 Å². The molecule has 3 atom stereocenters. The molecule has 0 aliphatic carbocycles. The number of carbonyl (C=O) groups is 2. The summed E-state index contributed by atoms with van der Waals surface area (Å²) in [5.74, 6) is -0.532. The van der Waals surface area contributed by atoms with Crippen molar-refractivity contribution in [1.29, 1.82) is 0 Å². The fourth-order valence-corrected chi connectivity index (χ4v) is 8.28. The molecule has 6 nitrogen and oxygen atoms in total. The van der Waals surface area contributed by atoms with Gasteiger partial charge in [0.15, 0.2) is 0 Å². The first-order chi connectivity index (χ1) is 32.5. The minimum Gasteiger partial charge on any atom is -0.462 e. The van der Waals surface area contributed by atoms with E-state index in [-0.39, 0.29) is 24.9 Å². The van der Waals surface area contributed by atoms with Crippen molar-refractivity contribution in [1.82, 2.24) is 5.32 Å². The maximum Gasteiger partial charge on any atom is 0.306 e. The first-order valence-corrected chi connectivity index (χ1v) is 28.2. The van der Waals surface area contributed by atoms with Gasteiger partial charge in [0.1, 0.15) is 6.10 Å². The lowest BCUT2D eigenvalue weighted by atomic mass is 10.0. The number of hydrogen-bond donors (Lipinski definition) is 3. The summed E-state index contributed by atoms with van der Waals surface area (Å²) in [6, 6.07) is -0.724. The number of unbranched alkanes of at least 4 members (excludes halogenated alkanes) is 26. The van der Waals surface area contributed by atoms with Crippen molar-refractivity contribution in [2.75, 3.05) is 6.61 Å². The highest BCUT2D eigenvalue weighted by Crippen LogP contribution is 2.17. The van der Waals surface area contributed by atoms with E-state index in [0.29, 0.717) is 19.3 Å². The third kappa shape index (κ3) is 47.8. The Morgan fingerprint density at radius 3 is 1.30 bits per heavy atom. The molecule has 0 saturated heterocycles. The van der Waals surface area contributed by atoms with E-state index < -0.39 is 18.2 Å². The Morgan fingerprint density at radius 2 is 0.833 bits per heavy atom. The van der Waals surface area contributed by atoms with Gasteiger partial charge in [-0.2, -0.15) is 0 Å². The molecule has 0 saturated carbocycles. The normalized spacial score (nSPS) is 13.7. The molecule has 0 bridgehead atoms. The van der Waals surface area contributed by atoms with Crippen LogP contribution in [0.25, 0.3) is 0 Å². The van der Waals surface area contributed by atoms with Gasteiger partial charge in [0, 0.05) is 6.42 Å². The number of esters is 1. The molecule has 6 heteroatoms. The summed E-state index contributed by atoms with van der Waals surface area (Å²) in [7, 11) is 0. The molecule has 0 radical (unpaired) electrons. The summed E-state index contributed by atoms with van der Waals surface area (Å²) in [6.45, 7) is 6.36. The molecular weight excluding hydrogens is 815 g/mol. The van der Waals surface area contributed by atoms with E-state index in [9.17, 15) is 19.8 Å². The van der Waals surface area contributed by atoms with Crippen LogP contribution in [0.15, 0.2) is 72.9 Å². The van der Waals surface area contributed by atoms with E-state index in [1.54, 1.807) is 0 Å². The zero-order valence-electron chi connectivity index (χ0n) is 43.6. The summed E-state index contributed by atoms with van der Waals surface area (Å²) >= 11 is 0. The molecule has 0 aliphatic rings. The quantitative estimate of drug-likeness (QED) is 0.0321. The predicted octanol–water partition coefficient (Wildman–Crippen LogP) is 17.3. The van der Waals surface area contributed by atoms with Crippen molar-refractivity contribution in [3.8, 4) is 0 Å². The van der Waals surface area contributed by atoms with Gasteiger partial charge in [-0.15, -0.1) is 0 Å². The first-order valence-electron chi connectivity index (χ1n) is 28.2. The lowest BCUT2D eigenvalue weighted by molar-refractivity contribution is -0.151. The summed E-state index contributed by atoms with van der Waals surface area (Å²) in [5.41, 5.74) is 0. The van der Waals surface area contributed by atoms with Crippen molar-refractivity contribution in [3.05, 3.63) is 72.9 Å². The molecule has 0 heterocycles. The molecule has 0 fully saturated rings. The second-order valence-corrected chi connectivity index (χ2v) is 19.0. The lowest BCUT2D eigenvalue weighted by Gasteiger charge is -2.24. The van der Waals surface area contributed by atoms with Crippen LogP contribution in [0.2, 0.25) is 0 Å². The number of hydrogen-bond acceptors (Lipinski definition) is 5. The van der Waals surface area contributed by atoms with Crippen LogP contribution in [-0.4, -0.2) is 46.9 Å². The Kier molecular flexibility index (Phi) is 51.1. The zero-order valence-corrected chi connectivity index (χ0v) is 43.6. The molecule has 66 heavy (non-hydrogen) atoms. The molecule has 0 aromatic carbocycles. The maximum absolute atomic E-state index is 13.3. The molecule has 0 aromatic rings. The summed E-state index contributed by atoms with van der Waals surface area (Å²) in [4.78, 5) is 26.2. The Labute approximate surface area is 409 Å². The minimum atomic E-state index is -0.806. The molecule has 0 spiro atoms. The van der Waals surface area contributed by atoms with Crippen molar-refractivity contribution >= 4 is 11.9 Å². The van der Waals surface area contributed by atoms with Gasteiger partial charge < -0.3 is 20.3 Å². The predicted molar refractivity (Wildman–Crippen MR) is 287 cm³/mol. The first kappa shape index (κ1) is 63.3. The molecular formula is C60H107NO5. The van der Waals surface area contributed by atoms with Crippen LogP contribution < -0.4 is 5.32 Å². The molecule has 3 unspecified atom stereocenters. The van der Waals surface area contributed by atoms with Crippen molar-refractivity contribution in [2.24, 2.45) is 0 Å². The van der Waals surface area contributed by atoms with Crippen LogP contribution in [0.4, 0.5) is 0 Å². The van der Waals surface area contributed by atoms with E-state index in [4.69, 9.17) is 4.74 Å². The number of carbonyl (C=O) groups excluding carboxylic acids is 2. The van der Waals surface area contributed by atoms with Crippen LogP contribution in [0.5, 0.6) is 0 Å². The highest BCUT2D eigenvalue weighted by Gasteiger charge is 2.24. The molecule has 382 valence electrons. The average molecular weight is 923 g/mol. The van der Waals surface area contributed by atoms with Gasteiger partial charge in [-0.25, -0.2) is 0 Å². The summed E-state index contributed by atoms with van der Waals surface area (Å²) in [5, 5.41) is 23.8. The van der Waals surface area contributed by atoms with Gasteiger partial charge in [0.05, 0.1) is 25.2 Å². The molecule has 1 amide bonds. The fourth-order valence-electron chi connectivity index (χ4n) is 8.28. The SMILES string of the molecule is CC/C=C\C/C=C\C/C=C\C/C=C\C/C=C\CCCC(CC(=O)NC(CO)C(O)CCCCCCCCCCCCCCCCC)OC(=O)CCCCCCCCC/C=C\CCCCCC. The van der Waals surface area contributed by atoms with Gasteiger partial charge >= 0.3 is 5.97 Å². The maximum atomic E-state index is 13.3. The van der Waals surface area contributed by atoms with Crippen LogP contribution in [0, 0.1) is 0 Å². The van der Waals surface area contributed by atoms with E-state index in [1.165, 1.54) is 141 Å². The highest BCUT2D eigenvalue weighted by molar-refractivity contribution is 5.77. The number of aliphatic hydroxyl groups is 2. The lowest BCUT2D eigenvalue weighted by Crippen LogP contribution is -2.46. The summed E-state index contributed by atoms with van der Waals surface area (Å²) in [6.07, 6.45) is 68.2. The van der Waals surface area contributed by atoms with Crippen molar-refractivity contribution < 1.29 is 24.5 Å². The minimum absolute atomic E-state index is 0.0353. The number of ether oxygens (including phenoxy) is 1. The van der Waals surface area contributed by atoms with Gasteiger partial charge in [-0.3, -0.25) is 9.59 Å². The Hall–Kier alpha value is -2.70. The average Bonchev–Trinajstić information content (AvgIpc) is 3.31. The van der Waals surface area contributed by atoms with E-state index in [1.807, 2.05) is 0 Å². The molecule has 0 rings (SSSR count). The van der Waals surface area contributed by atoms with Crippen molar-refractivity contribution in [3.63, 3.8) is 0 Å². The van der Waals surface area contributed by atoms with Crippen molar-refractivity contribution in [2.45, 2.75) is 289 Å². The smallest absolute Gasteiger partial charge is 0.306 e. The van der Waals surface area contributed by atoms with Crippen LogP contribution >= 0.6 is 0 Å². The monoisotopic (exact) mass is 922 g/mol. The van der Waals surface area contributed by atoms with E-state index in [2.05, 4.69) is 99.0 Å². The number of rotatable bonds is 50. The third-order valence-corrected chi connectivity index (χ3v) is 12.5. The molecule has 0 aliphatic heterocycles. The molecule has 0 aromatic heterocycles. The standard InChI is InChI=1S/C60H107NO5/c1-4-7-10-13-16-19-22-25-28-29-32-33-36-39-42-45-48-51-56(66-60(65)53-50-47-44-41-38-35-31-27-24-21-18-15-12-9-6-3)54-59(64)61-57(55-62)58(63)52-49-46-43-40-37-34-30-26-23-20-17-14-11-8-5-2/h7,10,16,19,21,24-25,28,32-33,39,42,56-58,62-63H,4-6,8-9,11-15,17-18,20,22-23,26-27,29-31,34-38,40-41,43-55H2,1-3H3,(H,61,64)/b10-7-,19-16-,24-21-,28-25-,33-32-,42-39-. The second kappa shape index (κ2) is 53.3. The van der Waals surface area contributed by atoms with E-state index in [0.717, 1.165) is 83.5 Å². The van der Waals surface area contributed by atoms with Crippen LogP contribution in [0.3, 0.4) is 0 Å². The topological polar surface area (TPSA) is 95.9 Å². The number of nitrogens with one attached hydrogen (secondary N) is 1. The third-order valence-electron chi connectivity index (χ3n) is 12.5. The Balaban J connectivity index is 4.67. The number of aliphatic hydroxyl groups excluding tert-OH is 2. The molecule has 3 N–H and O–H groups in total. The van der Waals surface area contributed by atoms with Crippen LogP contribution in [0.1, 0.15) is 271 Å². The fraction of sp³-hybridized carbons (Fsp3) is 0.767. The van der Waals surface area contributed by atoms with Gasteiger partial charge in [-0.1, -0.05) is 241 Å². The number of allylic oxidation sites excluding steroid dienone is 12. The second-order valence-electron chi connectivity index (χ2n) is 19.0. The summed E-state index contributed by atoms with van der Waals surface area (Å²) < 4.78 is 5.93. The Bertz CT molecular complexity index is 1220. The Morgan fingerprint density at radius 1 is 0.455 bits per heavy atom. The van der Waals surface area contributed by atoms with Gasteiger partial charge in [0.25, 0.3) is 0 Å². The number of amides is 1. The largest absolute Gasteiger partial charge is 0.462 e.